The molecule has 0 bridgehead atoms. The molecule has 1 aromatic carbocycles. The molecule has 0 saturated heterocycles. The number of amides is 1. The van der Waals surface area contributed by atoms with E-state index < -0.39 is 5.82 Å². The average molecular weight is 254 g/mol. The van der Waals surface area contributed by atoms with Gasteiger partial charge < -0.3 is 11.1 Å². The Morgan fingerprint density at radius 1 is 1.59 bits per heavy atom. The van der Waals surface area contributed by atoms with E-state index in [1.807, 2.05) is 6.26 Å². The van der Waals surface area contributed by atoms with E-state index in [4.69, 9.17) is 5.73 Å². The second kappa shape index (κ2) is 4.56. The normalized spacial score (nSPS) is 16.6. The van der Waals surface area contributed by atoms with Crippen LogP contribution in [0.1, 0.15) is 23.2 Å². The maximum Gasteiger partial charge on any atom is 0.254 e. The summed E-state index contributed by atoms with van der Waals surface area (Å²) in [6.45, 7) is 0.594. The molecule has 0 heterocycles. The zero-order chi connectivity index (χ0) is 12.5. The van der Waals surface area contributed by atoms with Crippen LogP contribution in [-0.4, -0.2) is 23.5 Å². The summed E-state index contributed by atoms with van der Waals surface area (Å²) in [6, 6.07) is 4.11. The minimum Gasteiger partial charge on any atom is -0.399 e. The summed E-state index contributed by atoms with van der Waals surface area (Å²) in [7, 11) is 0. The molecule has 2 rings (SSSR count). The van der Waals surface area contributed by atoms with Crippen LogP contribution in [-0.2, 0) is 0 Å². The van der Waals surface area contributed by atoms with Crippen LogP contribution in [0.4, 0.5) is 10.1 Å². The van der Waals surface area contributed by atoms with Gasteiger partial charge in [0.15, 0.2) is 0 Å². The fraction of sp³-hybridized carbons (Fsp3) is 0.417. The predicted molar refractivity (Wildman–Crippen MR) is 68.6 cm³/mol. The van der Waals surface area contributed by atoms with Crippen molar-refractivity contribution in [1.29, 1.82) is 0 Å². The van der Waals surface area contributed by atoms with Gasteiger partial charge in [0, 0.05) is 17.0 Å². The third-order valence-corrected chi connectivity index (χ3v) is 4.47. The number of halogens is 1. The van der Waals surface area contributed by atoms with Gasteiger partial charge in [-0.05, 0) is 37.3 Å². The quantitative estimate of drug-likeness (QED) is 0.808. The highest BCUT2D eigenvalue weighted by Gasteiger charge is 2.42. The lowest BCUT2D eigenvalue weighted by Gasteiger charge is -2.13. The number of nitrogens with two attached hydrogens (primary N) is 1. The molecule has 5 heteroatoms. The fourth-order valence-electron chi connectivity index (χ4n) is 1.64. The number of carbonyl (C=O) groups excluding carboxylic acids is 1. The third kappa shape index (κ3) is 2.72. The van der Waals surface area contributed by atoms with Crippen LogP contribution in [0.3, 0.4) is 0 Å². The Morgan fingerprint density at radius 3 is 2.82 bits per heavy atom. The number of nitrogens with one attached hydrogen (secondary N) is 1. The number of carbonyl (C=O) groups is 1. The molecule has 92 valence electrons. The Morgan fingerprint density at radius 2 is 2.29 bits per heavy atom. The Hall–Kier alpha value is -1.23. The van der Waals surface area contributed by atoms with Crippen molar-refractivity contribution in [3.05, 3.63) is 29.6 Å². The van der Waals surface area contributed by atoms with Gasteiger partial charge in [0.1, 0.15) is 5.82 Å². The lowest BCUT2D eigenvalue weighted by molar-refractivity contribution is 0.0949. The van der Waals surface area contributed by atoms with Crippen molar-refractivity contribution in [1.82, 2.24) is 5.32 Å². The molecule has 1 fully saturated rings. The maximum atomic E-state index is 13.5. The monoisotopic (exact) mass is 254 g/mol. The van der Waals surface area contributed by atoms with Crippen molar-refractivity contribution in [3.63, 3.8) is 0 Å². The highest BCUT2D eigenvalue weighted by atomic mass is 32.2. The molecule has 0 atom stereocenters. The van der Waals surface area contributed by atoms with Crippen LogP contribution >= 0.6 is 11.8 Å². The minimum atomic E-state index is -0.573. The van der Waals surface area contributed by atoms with Gasteiger partial charge in [0.05, 0.1) is 5.56 Å². The van der Waals surface area contributed by atoms with Crippen LogP contribution in [0.5, 0.6) is 0 Å². The van der Waals surface area contributed by atoms with Gasteiger partial charge in [-0.2, -0.15) is 11.8 Å². The van der Waals surface area contributed by atoms with Crippen molar-refractivity contribution in [3.8, 4) is 0 Å². The molecular weight excluding hydrogens is 239 g/mol. The number of thioether (sulfide) groups is 1. The first-order valence-electron chi connectivity index (χ1n) is 5.45. The van der Waals surface area contributed by atoms with Crippen molar-refractivity contribution in [2.24, 2.45) is 0 Å². The van der Waals surface area contributed by atoms with Crippen LogP contribution in [0.2, 0.25) is 0 Å². The van der Waals surface area contributed by atoms with E-state index in [-0.39, 0.29) is 16.2 Å². The SMILES string of the molecule is CSC1(CNC(=O)c2ccc(N)cc2F)CC1. The van der Waals surface area contributed by atoms with Gasteiger partial charge in [0.25, 0.3) is 5.91 Å². The topological polar surface area (TPSA) is 55.1 Å². The first-order valence-corrected chi connectivity index (χ1v) is 6.67. The molecular formula is C12H15FN2OS. The predicted octanol–water partition coefficient (Wildman–Crippen LogP) is 2.03. The summed E-state index contributed by atoms with van der Waals surface area (Å²) in [5.41, 5.74) is 5.80. The van der Waals surface area contributed by atoms with Crippen molar-refractivity contribution >= 4 is 23.4 Å². The molecule has 0 radical (unpaired) electrons. The lowest BCUT2D eigenvalue weighted by atomic mass is 10.2. The lowest BCUT2D eigenvalue weighted by Crippen LogP contribution is -2.32. The zero-order valence-corrected chi connectivity index (χ0v) is 10.4. The molecule has 3 N–H and O–H groups in total. The van der Waals surface area contributed by atoms with E-state index in [0.29, 0.717) is 12.2 Å². The van der Waals surface area contributed by atoms with Gasteiger partial charge in [-0.15, -0.1) is 0 Å². The molecule has 1 aromatic rings. The highest BCUT2D eigenvalue weighted by Crippen LogP contribution is 2.46. The van der Waals surface area contributed by atoms with Gasteiger partial charge in [-0.25, -0.2) is 4.39 Å². The molecule has 1 aliphatic carbocycles. The summed E-state index contributed by atoms with van der Waals surface area (Å²) in [5, 5.41) is 2.77. The van der Waals surface area contributed by atoms with Crippen molar-refractivity contribution in [2.75, 3.05) is 18.5 Å². The Balaban J connectivity index is 2.00. The fourth-order valence-corrected chi connectivity index (χ4v) is 2.37. The molecule has 17 heavy (non-hydrogen) atoms. The summed E-state index contributed by atoms with van der Waals surface area (Å²) in [5.74, 6) is -0.945. The number of benzene rings is 1. The van der Waals surface area contributed by atoms with E-state index in [0.717, 1.165) is 18.9 Å². The zero-order valence-electron chi connectivity index (χ0n) is 9.63. The third-order valence-electron chi connectivity index (χ3n) is 3.05. The Bertz CT molecular complexity index is 446. The standard InChI is InChI=1S/C12H15FN2OS/c1-17-12(4-5-12)7-15-11(16)9-3-2-8(14)6-10(9)13/h2-3,6H,4-5,7,14H2,1H3,(H,15,16). The maximum absolute atomic E-state index is 13.5. The largest absolute Gasteiger partial charge is 0.399 e. The molecule has 0 spiro atoms. The summed E-state index contributed by atoms with van der Waals surface area (Å²) < 4.78 is 13.7. The van der Waals surface area contributed by atoms with E-state index >= 15 is 0 Å². The highest BCUT2D eigenvalue weighted by molar-refractivity contribution is 8.00. The number of hydrogen-bond acceptors (Lipinski definition) is 3. The Labute approximate surface area is 104 Å². The average Bonchev–Trinajstić information content (AvgIpc) is 3.07. The van der Waals surface area contributed by atoms with E-state index in [9.17, 15) is 9.18 Å². The number of rotatable bonds is 4. The molecule has 0 aliphatic heterocycles. The number of hydrogen-bond donors (Lipinski definition) is 2. The van der Waals surface area contributed by atoms with Gasteiger partial charge in [0.2, 0.25) is 0 Å². The van der Waals surface area contributed by atoms with E-state index in [2.05, 4.69) is 5.32 Å². The molecule has 3 nitrogen and oxygen atoms in total. The molecule has 0 aromatic heterocycles. The molecule has 1 amide bonds. The van der Waals surface area contributed by atoms with Crippen LogP contribution in [0.25, 0.3) is 0 Å². The van der Waals surface area contributed by atoms with Crippen molar-refractivity contribution in [2.45, 2.75) is 17.6 Å². The van der Waals surface area contributed by atoms with Gasteiger partial charge >= 0.3 is 0 Å². The van der Waals surface area contributed by atoms with Crippen LogP contribution in [0, 0.1) is 5.82 Å². The first kappa shape index (κ1) is 12.2. The summed E-state index contributed by atoms with van der Waals surface area (Å²) in [6.07, 6.45) is 4.25. The second-order valence-electron chi connectivity index (χ2n) is 4.31. The first-order chi connectivity index (χ1) is 8.06. The number of anilines is 1. The van der Waals surface area contributed by atoms with Crippen LogP contribution in [0.15, 0.2) is 18.2 Å². The van der Waals surface area contributed by atoms with E-state index in [1.165, 1.54) is 12.1 Å². The summed E-state index contributed by atoms with van der Waals surface area (Å²) >= 11 is 1.75. The van der Waals surface area contributed by atoms with E-state index in [1.54, 1.807) is 11.8 Å². The minimum absolute atomic E-state index is 0.0519. The Kier molecular flexibility index (Phi) is 3.28. The van der Waals surface area contributed by atoms with Crippen LogP contribution < -0.4 is 11.1 Å². The van der Waals surface area contributed by atoms with Gasteiger partial charge in [-0.3, -0.25) is 4.79 Å². The summed E-state index contributed by atoms with van der Waals surface area (Å²) in [4.78, 5) is 11.8. The molecule has 0 unspecified atom stereocenters. The smallest absolute Gasteiger partial charge is 0.254 e. The van der Waals surface area contributed by atoms with Crippen molar-refractivity contribution < 1.29 is 9.18 Å². The second-order valence-corrected chi connectivity index (χ2v) is 5.58. The molecule has 1 aliphatic rings. The number of nitrogen functional groups attached to an aromatic ring is 1. The van der Waals surface area contributed by atoms with Gasteiger partial charge in [-0.1, -0.05) is 0 Å². The molecule has 1 saturated carbocycles.